The maximum Gasteiger partial charge on any atom is 0.191 e. The number of ether oxygens (including phenoxy) is 1. The molecule has 0 aliphatic rings. The summed E-state index contributed by atoms with van der Waals surface area (Å²) < 4.78 is 5.17. The number of benzene rings is 1. The fraction of sp³-hybridized carbons (Fsp3) is 0.444. The van der Waals surface area contributed by atoms with Gasteiger partial charge in [-0.2, -0.15) is 0 Å². The average molecular weight is 347 g/mol. The number of guanidine groups is 1. The van der Waals surface area contributed by atoms with Crippen molar-refractivity contribution < 1.29 is 4.74 Å². The summed E-state index contributed by atoms with van der Waals surface area (Å²) in [5.41, 5.74) is 2.32. The van der Waals surface area contributed by atoms with Crippen molar-refractivity contribution >= 4 is 17.3 Å². The maximum absolute atomic E-state index is 5.17. The van der Waals surface area contributed by atoms with Crippen LogP contribution in [0.2, 0.25) is 0 Å². The summed E-state index contributed by atoms with van der Waals surface area (Å²) in [6, 6.07) is 8.01. The number of rotatable bonds is 7. The van der Waals surface area contributed by atoms with E-state index in [2.05, 4.69) is 39.8 Å². The van der Waals surface area contributed by atoms with Gasteiger partial charge in [0.1, 0.15) is 5.75 Å². The van der Waals surface area contributed by atoms with Crippen molar-refractivity contribution in [2.24, 2.45) is 4.99 Å². The predicted octanol–water partition coefficient (Wildman–Crippen LogP) is 3.18. The summed E-state index contributed by atoms with van der Waals surface area (Å²) >= 11 is 1.74. The summed E-state index contributed by atoms with van der Waals surface area (Å²) in [6.07, 6.45) is 0.895. The first kappa shape index (κ1) is 18.3. The molecule has 1 heterocycles. The lowest BCUT2D eigenvalue weighted by atomic mass is 10.2. The second-order valence-corrected chi connectivity index (χ2v) is 6.67. The van der Waals surface area contributed by atoms with Crippen LogP contribution in [0.3, 0.4) is 0 Å². The lowest BCUT2D eigenvalue weighted by Gasteiger charge is -2.11. The minimum atomic E-state index is 0.496. The number of hydrogen-bond donors (Lipinski definition) is 2. The highest BCUT2D eigenvalue weighted by Gasteiger charge is 2.06. The van der Waals surface area contributed by atoms with Gasteiger partial charge in [0.15, 0.2) is 5.96 Å². The standard InChI is InChI=1S/C18H26N4OS/c1-13(2)17-22-15(12-24-17)9-10-20-18(19-3)21-11-14-5-7-16(23-4)8-6-14/h5-8,12-13H,9-11H2,1-4H3,(H2,19,20,21). The molecule has 0 saturated heterocycles. The second kappa shape index (κ2) is 9.27. The van der Waals surface area contributed by atoms with Gasteiger partial charge in [0.05, 0.1) is 17.8 Å². The van der Waals surface area contributed by atoms with E-state index >= 15 is 0 Å². The van der Waals surface area contributed by atoms with Crippen LogP contribution in [0, 0.1) is 0 Å². The van der Waals surface area contributed by atoms with E-state index in [1.807, 2.05) is 24.3 Å². The number of methoxy groups -OCH3 is 1. The minimum Gasteiger partial charge on any atom is -0.497 e. The number of aliphatic imine (C=N–C) groups is 1. The number of thiazole rings is 1. The number of nitrogens with zero attached hydrogens (tertiary/aromatic N) is 2. The lowest BCUT2D eigenvalue weighted by Crippen LogP contribution is -2.37. The smallest absolute Gasteiger partial charge is 0.191 e. The highest BCUT2D eigenvalue weighted by Crippen LogP contribution is 2.19. The van der Waals surface area contributed by atoms with Crippen molar-refractivity contribution in [2.45, 2.75) is 32.7 Å². The van der Waals surface area contributed by atoms with Crippen LogP contribution in [0.15, 0.2) is 34.6 Å². The molecule has 0 saturated carbocycles. The van der Waals surface area contributed by atoms with Crippen LogP contribution < -0.4 is 15.4 Å². The molecule has 0 fully saturated rings. The zero-order valence-electron chi connectivity index (χ0n) is 14.8. The summed E-state index contributed by atoms with van der Waals surface area (Å²) in [5, 5.41) is 9.99. The molecule has 0 aliphatic heterocycles. The Kier molecular flexibility index (Phi) is 7.06. The number of aromatic nitrogens is 1. The van der Waals surface area contributed by atoms with Gasteiger partial charge < -0.3 is 15.4 Å². The molecule has 0 bridgehead atoms. The van der Waals surface area contributed by atoms with E-state index in [4.69, 9.17) is 4.74 Å². The third-order valence-corrected chi connectivity index (χ3v) is 4.77. The van der Waals surface area contributed by atoms with Crippen LogP contribution in [-0.4, -0.2) is 31.6 Å². The van der Waals surface area contributed by atoms with Gasteiger partial charge in [-0.15, -0.1) is 11.3 Å². The number of nitrogens with one attached hydrogen (secondary N) is 2. The summed E-state index contributed by atoms with van der Waals surface area (Å²) in [4.78, 5) is 8.90. The predicted molar refractivity (Wildman–Crippen MR) is 101 cm³/mol. The van der Waals surface area contributed by atoms with Gasteiger partial charge in [-0.25, -0.2) is 4.98 Å². The maximum atomic E-state index is 5.17. The monoisotopic (exact) mass is 346 g/mol. The van der Waals surface area contributed by atoms with E-state index in [1.54, 1.807) is 25.5 Å². The molecule has 6 heteroatoms. The molecule has 2 rings (SSSR count). The number of hydrogen-bond acceptors (Lipinski definition) is 4. The van der Waals surface area contributed by atoms with Crippen molar-refractivity contribution in [3.63, 3.8) is 0 Å². The molecule has 1 aromatic carbocycles. The molecule has 0 spiro atoms. The zero-order valence-corrected chi connectivity index (χ0v) is 15.6. The molecule has 0 unspecified atom stereocenters. The van der Waals surface area contributed by atoms with Crippen LogP contribution in [0.25, 0.3) is 0 Å². The first-order chi connectivity index (χ1) is 11.6. The third kappa shape index (κ3) is 5.53. The van der Waals surface area contributed by atoms with E-state index in [-0.39, 0.29) is 0 Å². The quantitative estimate of drug-likeness (QED) is 0.597. The van der Waals surface area contributed by atoms with Crippen LogP contribution in [0.4, 0.5) is 0 Å². The van der Waals surface area contributed by atoms with Crippen molar-refractivity contribution in [3.05, 3.63) is 45.9 Å². The fourth-order valence-corrected chi connectivity index (χ4v) is 3.03. The van der Waals surface area contributed by atoms with Crippen molar-refractivity contribution in [2.75, 3.05) is 20.7 Å². The Balaban J connectivity index is 1.75. The Labute approximate surface area is 148 Å². The van der Waals surface area contributed by atoms with Crippen LogP contribution in [-0.2, 0) is 13.0 Å². The average Bonchev–Trinajstić information content (AvgIpc) is 3.07. The molecular weight excluding hydrogens is 320 g/mol. The van der Waals surface area contributed by atoms with Crippen molar-refractivity contribution in [1.29, 1.82) is 0 Å². The van der Waals surface area contributed by atoms with Gasteiger partial charge in [0, 0.05) is 37.9 Å². The minimum absolute atomic E-state index is 0.496. The van der Waals surface area contributed by atoms with Gasteiger partial charge >= 0.3 is 0 Å². The highest BCUT2D eigenvalue weighted by atomic mass is 32.1. The Morgan fingerprint density at radius 2 is 2.00 bits per heavy atom. The SMILES string of the molecule is CN=C(NCCc1csc(C(C)C)n1)NCc1ccc(OC)cc1. The van der Waals surface area contributed by atoms with Gasteiger partial charge in [-0.05, 0) is 17.7 Å². The molecule has 0 amide bonds. The molecule has 130 valence electrons. The topological polar surface area (TPSA) is 58.5 Å². The van der Waals surface area contributed by atoms with Crippen molar-refractivity contribution in [3.8, 4) is 5.75 Å². The van der Waals surface area contributed by atoms with E-state index in [9.17, 15) is 0 Å². The Hall–Kier alpha value is -2.08. The molecule has 24 heavy (non-hydrogen) atoms. The van der Waals surface area contributed by atoms with E-state index in [0.29, 0.717) is 5.92 Å². The molecule has 0 atom stereocenters. The molecule has 2 aromatic rings. The van der Waals surface area contributed by atoms with Crippen LogP contribution >= 0.6 is 11.3 Å². The summed E-state index contributed by atoms with van der Waals surface area (Å²) in [7, 11) is 3.45. The van der Waals surface area contributed by atoms with Gasteiger partial charge in [0.2, 0.25) is 0 Å². The highest BCUT2D eigenvalue weighted by molar-refractivity contribution is 7.09. The first-order valence-electron chi connectivity index (χ1n) is 8.14. The second-order valence-electron chi connectivity index (χ2n) is 5.78. The van der Waals surface area contributed by atoms with Gasteiger partial charge in [0.25, 0.3) is 0 Å². The Morgan fingerprint density at radius 3 is 2.58 bits per heavy atom. The molecule has 2 N–H and O–H groups in total. The first-order valence-corrected chi connectivity index (χ1v) is 9.02. The molecule has 0 aliphatic carbocycles. The molecule has 1 aromatic heterocycles. The third-order valence-electron chi connectivity index (χ3n) is 3.58. The molecular formula is C18H26N4OS. The Morgan fingerprint density at radius 1 is 1.25 bits per heavy atom. The molecule has 0 radical (unpaired) electrons. The Bertz CT molecular complexity index is 649. The fourth-order valence-electron chi connectivity index (χ4n) is 2.16. The van der Waals surface area contributed by atoms with E-state index < -0.39 is 0 Å². The van der Waals surface area contributed by atoms with Gasteiger partial charge in [-0.3, -0.25) is 4.99 Å². The summed E-state index contributed by atoms with van der Waals surface area (Å²) in [6.45, 7) is 5.87. The summed E-state index contributed by atoms with van der Waals surface area (Å²) in [5.74, 6) is 2.16. The van der Waals surface area contributed by atoms with Crippen LogP contribution in [0.1, 0.15) is 36.0 Å². The lowest BCUT2D eigenvalue weighted by molar-refractivity contribution is 0.414. The largest absolute Gasteiger partial charge is 0.497 e. The van der Waals surface area contributed by atoms with Crippen LogP contribution in [0.5, 0.6) is 5.75 Å². The van der Waals surface area contributed by atoms with E-state index in [1.165, 1.54) is 10.6 Å². The van der Waals surface area contributed by atoms with E-state index in [0.717, 1.165) is 36.9 Å². The zero-order chi connectivity index (χ0) is 17.4. The van der Waals surface area contributed by atoms with Gasteiger partial charge in [-0.1, -0.05) is 26.0 Å². The van der Waals surface area contributed by atoms with Crippen molar-refractivity contribution in [1.82, 2.24) is 15.6 Å². The normalized spacial score (nSPS) is 11.6. The molecule has 5 nitrogen and oxygen atoms in total.